The van der Waals surface area contributed by atoms with Crippen molar-refractivity contribution >= 4 is 57.3 Å². The highest BCUT2D eigenvalue weighted by Crippen LogP contribution is 2.38. The minimum absolute atomic E-state index is 0.860. The van der Waals surface area contributed by atoms with Crippen molar-refractivity contribution in [2.45, 2.75) is 0 Å². The summed E-state index contributed by atoms with van der Waals surface area (Å²) in [5.74, 6) is 0. The minimum atomic E-state index is 0.860. The second kappa shape index (κ2) is 12.3. The van der Waals surface area contributed by atoms with E-state index in [0.29, 0.717) is 0 Å². The van der Waals surface area contributed by atoms with E-state index in [1.54, 1.807) is 0 Å². The van der Waals surface area contributed by atoms with Crippen LogP contribution in [0.4, 0.5) is 0 Å². The number of pyridine rings is 1. The number of aromatic nitrogens is 5. The molecule has 0 amide bonds. The molecule has 0 saturated carbocycles. The first-order chi connectivity index (χ1) is 25.8. The number of nitrogens with one attached hydrogen (secondary N) is 2. The molecule has 0 saturated heterocycles. The van der Waals surface area contributed by atoms with Crippen LogP contribution in [0.2, 0.25) is 0 Å². The van der Waals surface area contributed by atoms with Crippen molar-refractivity contribution in [3.05, 3.63) is 175 Å². The number of aromatic amines is 2. The van der Waals surface area contributed by atoms with Gasteiger partial charge in [0.25, 0.3) is 0 Å². The van der Waals surface area contributed by atoms with Crippen LogP contribution >= 0.6 is 0 Å². The van der Waals surface area contributed by atoms with Gasteiger partial charge < -0.3 is 9.97 Å². The van der Waals surface area contributed by atoms with Crippen molar-refractivity contribution in [1.82, 2.24) is 24.9 Å². The smallest absolute Gasteiger partial charge is 0.0737 e. The number of hydrogen-bond donors (Lipinski definition) is 2. The summed E-state index contributed by atoms with van der Waals surface area (Å²) in [6.07, 6.45) is 10.5. The summed E-state index contributed by atoms with van der Waals surface area (Å²) >= 11 is 0. The van der Waals surface area contributed by atoms with E-state index in [2.05, 4.69) is 150 Å². The van der Waals surface area contributed by atoms with Gasteiger partial charge in [-0.25, -0.2) is 9.97 Å². The second-order valence-electron chi connectivity index (χ2n) is 13.0. The van der Waals surface area contributed by atoms with Gasteiger partial charge in [-0.1, -0.05) is 109 Å². The molecule has 244 valence electrons. The van der Waals surface area contributed by atoms with Gasteiger partial charge in [0.1, 0.15) is 0 Å². The molecular formula is C47H31N5. The van der Waals surface area contributed by atoms with Crippen molar-refractivity contribution in [2.24, 2.45) is 0 Å². The van der Waals surface area contributed by atoms with Gasteiger partial charge in [0.05, 0.1) is 28.3 Å². The van der Waals surface area contributed by atoms with Gasteiger partial charge >= 0.3 is 0 Å². The molecule has 4 aromatic heterocycles. The number of fused-ring (bicyclic) bond motifs is 9. The van der Waals surface area contributed by atoms with Gasteiger partial charge in [0, 0.05) is 61.5 Å². The van der Waals surface area contributed by atoms with Crippen molar-refractivity contribution < 1.29 is 0 Å². The predicted molar refractivity (Wildman–Crippen MR) is 216 cm³/mol. The fraction of sp³-hybridized carbons (Fsp3) is 0. The van der Waals surface area contributed by atoms with Crippen molar-refractivity contribution in [2.75, 3.05) is 0 Å². The quantitative estimate of drug-likeness (QED) is 0.197. The standard InChI is InChI=1S/C47H31N5/c1-4-12-30(13-5-1)44-36-20-22-38(49-36)45(31-14-6-2-7-15-31)40-24-26-42(51-40)47(34-28-33-18-10-11-19-35(33)48-29-34)43-27-25-41(52-43)46(32-16-8-3-9-17-32)39-23-21-37(44)50-39/h1-29,49,52H. The Labute approximate surface area is 300 Å². The SMILES string of the molecule is C1=Cc2nc1c(-c1ccccc1)c1ccc([nH]1)c(-c1ccccc1)c1nc(c(-c3cnc4ccccc4c3)c3ccc([nH]3)c2-c2ccccc2)C=C1. The summed E-state index contributed by atoms with van der Waals surface area (Å²) in [4.78, 5) is 23.3. The van der Waals surface area contributed by atoms with E-state index in [0.717, 1.165) is 100 Å². The fourth-order valence-corrected chi connectivity index (χ4v) is 7.44. The van der Waals surface area contributed by atoms with Crippen LogP contribution in [0.1, 0.15) is 22.8 Å². The zero-order valence-electron chi connectivity index (χ0n) is 28.1. The first-order valence-electron chi connectivity index (χ1n) is 17.4. The molecule has 8 bridgehead atoms. The van der Waals surface area contributed by atoms with Gasteiger partial charge in [-0.3, -0.25) is 4.98 Å². The molecule has 52 heavy (non-hydrogen) atoms. The Morgan fingerprint density at radius 3 is 1.13 bits per heavy atom. The summed E-state index contributed by atoms with van der Waals surface area (Å²) < 4.78 is 0. The van der Waals surface area contributed by atoms with Crippen molar-refractivity contribution in [3.8, 4) is 44.5 Å². The van der Waals surface area contributed by atoms with Crippen LogP contribution in [-0.2, 0) is 0 Å². The molecule has 10 rings (SSSR count). The van der Waals surface area contributed by atoms with Gasteiger partial charge in [-0.2, -0.15) is 0 Å². The molecule has 2 aliphatic rings. The first kappa shape index (κ1) is 29.8. The van der Waals surface area contributed by atoms with E-state index in [-0.39, 0.29) is 0 Å². The lowest BCUT2D eigenvalue weighted by Crippen LogP contribution is -1.90. The average molecular weight is 666 g/mol. The molecule has 0 atom stereocenters. The van der Waals surface area contributed by atoms with Gasteiger partial charge in [0.15, 0.2) is 0 Å². The maximum atomic E-state index is 5.40. The third-order valence-electron chi connectivity index (χ3n) is 9.82. The summed E-state index contributed by atoms with van der Waals surface area (Å²) in [6, 6.07) is 50.5. The lowest BCUT2D eigenvalue weighted by molar-refractivity contribution is 1.31. The Hall–Kier alpha value is -7.11. The van der Waals surface area contributed by atoms with Crippen LogP contribution < -0.4 is 0 Å². The van der Waals surface area contributed by atoms with Crippen LogP contribution in [0.5, 0.6) is 0 Å². The van der Waals surface area contributed by atoms with E-state index in [1.807, 2.05) is 36.5 Å². The molecule has 2 N–H and O–H groups in total. The van der Waals surface area contributed by atoms with E-state index in [4.69, 9.17) is 15.0 Å². The lowest BCUT2D eigenvalue weighted by atomic mass is 10.0. The van der Waals surface area contributed by atoms with E-state index in [1.165, 1.54) is 0 Å². The molecule has 0 radical (unpaired) electrons. The third kappa shape index (κ3) is 5.15. The second-order valence-corrected chi connectivity index (χ2v) is 13.0. The number of benzene rings is 4. The van der Waals surface area contributed by atoms with Gasteiger partial charge in [0.2, 0.25) is 0 Å². The number of rotatable bonds is 4. The normalized spacial score (nSPS) is 12.1. The largest absolute Gasteiger partial charge is 0.354 e. The molecular weight excluding hydrogens is 635 g/mol. The number of H-pyrrole nitrogens is 2. The highest BCUT2D eigenvalue weighted by molar-refractivity contribution is 6.00. The van der Waals surface area contributed by atoms with Crippen LogP contribution in [0.3, 0.4) is 0 Å². The molecule has 0 aliphatic carbocycles. The van der Waals surface area contributed by atoms with E-state index in [9.17, 15) is 0 Å². The molecule has 8 aromatic rings. The maximum Gasteiger partial charge on any atom is 0.0737 e. The van der Waals surface area contributed by atoms with Crippen LogP contribution in [0, 0.1) is 0 Å². The van der Waals surface area contributed by atoms with Crippen molar-refractivity contribution in [1.29, 1.82) is 0 Å². The first-order valence-corrected chi connectivity index (χ1v) is 17.4. The highest BCUT2D eigenvalue weighted by atomic mass is 14.8. The van der Waals surface area contributed by atoms with Crippen LogP contribution in [0.25, 0.3) is 102 Å². The van der Waals surface area contributed by atoms with Crippen LogP contribution in [0.15, 0.2) is 152 Å². The molecule has 2 aliphatic heterocycles. The molecule has 0 spiro atoms. The minimum Gasteiger partial charge on any atom is -0.354 e. The number of para-hydroxylation sites is 1. The summed E-state index contributed by atoms with van der Waals surface area (Å²) in [5.41, 5.74) is 16.6. The van der Waals surface area contributed by atoms with Crippen molar-refractivity contribution in [3.63, 3.8) is 0 Å². The zero-order chi connectivity index (χ0) is 34.4. The van der Waals surface area contributed by atoms with E-state index >= 15 is 0 Å². The Morgan fingerprint density at radius 1 is 0.346 bits per heavy atom. The Morgan fingerprint density at radius 2 is 0.712 bits per heavy atom. The Bertz CT molecular complexity index is 2840. The molecule has 0 fully saturated rings. The fourth-order valence-electron chi connectivity index (χ4n) is 7.44. The molecule has 6 heterocycles. The number of nitrogens with zero attached hydrogens (tertiary/aromatic N) is 3. The predicted octanol–water partition coefficient (Wildman–Crippen LogP) is 11.9. The summed E-state index contributed by atoms with van der Waals surface area (Å²) in [5, 5.41) is 1.07. The van der Waals surface area contributed by atoms with Crippen LogP contribution in [-0.4, -0.2) is 24.9 Å². The molecule has 5 nitrogen and oxygen atoms in total. The summed E-state index contributed by atoms with van der Waals surface area (Å²) in [6.45, 7) is 0. The Balaban J connectivity index is 1.39. The Kier molecular flexibility index (Phi) is 7.07. The topological polar surface area (TPSA) is 70.2 Å². The van der Waals surface area contributed by atoms with Gasteiger partial charge in [-0.05, 0) is 77.4 Å². The highest BCUT2D eigenvalue weighted by Gasteiger charge is 2.19. The average Bonchev–Trinajstić information content (AvgIpc) is 4.04. The third-order valence-corrected chi connectivity index (χ3v) is 9.82. The number of hydrogen-bond acceptors (Lipinski definition) is 3. The molecule has 4 aromatic carbocycles. The summed E-state index contributed by atoms with van der Waals surface area (Å²) in [7, 11) is 0. The monoisotopic (exact) mass is 665 g/mol. The zero-order valence-corrected chi connectivity index (χ0v) is 28.1. The lowest BCUT2D eigenvalue weighted by Gasteiger charge is -2.07. The maximum absolute atomic E-state index is 5.40. The van der Waals surface area contributed by atoms with Gasteiger partial charge in [-0.15, -0.1) is 0 Å². The van der Waals surface area contributed by atoms with E-state index < -0.39 is 0 Å². The molecule has 0 unspecified atom stereocenters. The molecule has 5 heteroatoms.